The van der Waals surface area contributed by atoms with Gasteiger partial charge in [0.05, 0.1) is 5.69 Å². The number of aromatic nitrogens is 4. The fourth-order valence-corrected chi connectivity index (χ4v) is 1.49. The maximum absolute atomic E-state index is 5.75. The van der Waals surface area contributed by atoms with Gasteiger partial charge >= 0.3 is 0 Å². The van der Waals surface area contributed by atoms with E-state index in [1.807, 2.05) is 0 Å². The molecule has 0 N–H and O–H groups in total. The SMILES string of the molecule is CC(C)(C)c1nc2cc(C(Cl)Cl)ncn2n1. The van der Waals surface area contributed by atoms with Crippen molar-refractivity contribution in [1.82, 2.24) is 19.6 Å². The molecule has 0 amide bonds. The molecule has 86 valence electrons. The van der Waals surface area contributed by atoms with E-state index in [-0.39, 0.29) is 5.41 Å². The lowest BCUT2D eigenvalue weighted by Crippen LogP contribution is -2.13. The second kappa shape index (κ2) is 3.86. The fourth-order valence-electron chi connectivity index (χ4n) is 1.25. The van der Waals surface area contributed by atoms with Gasteiger partial charge in [-0.3, -0.25) is 0 Å². The molecule has 4 nitrogen and oxygen atoms in total. The largest absolute Gasteiger partial charge is 0.238 e. The van der Waals surface area contributed by atoms with E-state index in [0.29, 0.717) is 11.3 Å². The number of hydrogen-bond acceptors (Lipinski definition) is 3. The van der Waals surface area contributed by atoms with Crippen molar-refractivity contribution in [2.75, 3.05) is 0 Å². The van der Waals surface area contributed by atoms with Gasteiger partial charge in [-0.1, -0.05) is 44.0 Å². The van der Waals surface area contributed by atoms with Crippen molar-refractivity contribution in [3.63, 3.8) is 0 Å². The lowest BCUT2D eigenvalue weighted by molar-refractivity contribution is 0.545. The number of nitrogens with zero attached hydrogens (tertiary/aromatic N) is 4. The van der Waals surface area contributed by atoms with Crippen molar-refractivity contribution in [1.29, 1.82) is 0 Å². The van der Waals surface area contributed by atoms with Gasteiger partial charge in [0.25, 0.3) is 0 Å². The van der Waals surface area contributed by atoms with Crippen LogP contribution in [0.2, 0.25) is 0 Å². The molecule has 0 bridgehead atoms. The standard InChI is InChI=1S/C10H12Cl2N4/c1-10(2,3)9-14-7-4-6(8(11)12)13-5-16(7)15-9/h4-5,8H,1-3H3. The molecule has 16 heavy (non-hydrogen) atoms. The van der Waals surface area contributed by atoms with Crippen LogP contribution in [0, 0.1) is 0 Å². The molecule has 0 spiro atoms. The highest BCUT2D eigenvalue weighted by atomic mass is 35.5. The topological polar surface area (TPSA) is 43.1 Å². The summed E-state index contributed by atoms with van der Waals surface area (Å²) in [6, 6.07) is 1.74. The summed E-state index contributed by atoms with van der Waals surface area (Å²) in [5, 5.41) is 4.34. The molecule has 0 aliphatic rings. The summed E-state index contributed by atoms with van der Waals surface area (Å²) < 4.78 is 1.63. The van der Waals surface area contributed by atoms with Gasteiger partial charge in [-0.25, -0.2) is 14.5 Å². The highest BCUT2D eigenvalue weighted by molar-refractivity contribution is 6.43. The maximum Gasteiger partial charge on any atom is 0.159 e. The van der Waals surface area contributed by atoms with Crippen LogP contribution in [-0.4, -0.2) is 19.6 Å². The first-order chi connectivity index (χ1) is 7.38. The van der Waals surface area contributed by atoms with Crippen molar-refractivity contribution in [2.45, 2.75) is 31.0 Å². The summed E-state index contributed by atoms with van der Waals surface area (Å²) in [6.45, 7) is 6.17. The molecule has 2 rings (SSSR count). The molecular formula is C10H12Cl2N4. The summed E-state index contributed by atoms with van der Waals surface area (Å²) in [5.41, 5.74) is 1.21. The molecule has 2 aromatic rings. The van der Waals surface area contributed by atoms with E-state index in [4.69, 9.17) is 23.2 Å². The van der Waals surface area contributed by atoms with Crippen molar-refractivity contribution in [3.8, 4) is 0 Å². The van der Waals surface area contributed by atoms with Crippen molar-refractivity contribution >= 4 is 28.8 Å². The molecule has 2 aromatic heterocycles. The van der Waals surface area contributed by atoms with Crippen LogP contribution in [0.15, 0.2) is 12.4 Å². The van der Waals surface area contributed by atoms with E-state index in [1.165, 1.54) is 0 Å². The molecule has 0 saturated carbocycles. The predicted molar refractivity (Wildman–Crippen MR) is 63.9 cm³/mol. The third kappa shape index (κ3) is 2.13. The average Bonchev–Trinajstić information content (AvgIpc) is 2.58. The van der Waals surface area contributed by atoms with Gasteiger partial charge in [-0.05, 0) is 0 Å². The Hall–Kier alpha value is -0.870. The Morgan fingerprint density at radius 2 is 2.00 bits per heavy atom. The van der Waals surface area contributed by atoms with Crippen molar-refractivity contribution in [3.05, 3.63) is 23.9 Å². The van der Waals surface area contributed by atoms with E-state index in [1.54, 1.807) is 16.9 Å². The lowest BCUT2D eigenvalue weighted by atomic mass is 9.96. The number of hydrogen-bond donors (Lipinski definition) is 0. The molecule has 0 aliphatic carbocycles. The third-order valence-corrected chi connectivity index (χ3v) is 2.59. The van der Waals surface area contributed by atoms with Crippen LogP contribution < -0.4 is 0 Å². The van der Waals surface area contributed by atoms with Crippen LogP contribution in [-0.2, 0) is 5.41 Å². The molecule has 0 aromatic carbocycles. The van der Waals surface area contributed by atoms with E-state index >= 15 is 0 Å². The molecule has 0 fully saturated rings. The zero-order valence-electron chi connectivity index (χ0n) is 9.28. The number of rotatable bonds is 1. The second-order valence-corrected chi connectivity index (χ2v) is 5.70. The smallest absolute Gasteiger partial charge is 0.159 e. The van der Waals surface area contributed by atoms with Crippen molar-refractivity contribution in [2.24, 2.45) is 0 Å². The van der Waals surface area contributed by atoms with E-state index in [0.717, 1.165) is 5.82 Å². The van der Waals surface area contributed by atoms with Gasteiger partial charge in [-0.2, -0.15) is 0 Å². The molecule has 0 radical (unpaired) electrons. The Labute approximate surface area is 104 Å². The van der Waals surface area contributed by atoms with Gasteiger partial charge in [0, 0.05) is 11.5 Å². The molecule has 0 atom stereocenters. The molecule has 0 aliphatic heterocycles. The monoisotopic (exact) mass is 258 g/mol. The minimum absolute atomic E-state index is 0.0898. The maximum atomic E-state index is 5.75. The molecule has 0 unspecified atom stereocenters. The molecule has 0 saturated heterocycles. The van der Waals surface area contributed by atoms with Crippen molar-refractivity contribution < 1.29 is 0 Å². The van der Waals surface area contributed by atoms with Gasteiger partial charge in [-0.15, -0.1) is 5.10 Å². The third-order valence-electron chi connectivity index (χ3n) is 2.15. The Morgan fingerprint density at radius 1 is 1.31 bits per heavy atom. The Balaban J connectivity index is 2.54. The highest BCUT2D eigenvalue weighted by Gasteiger charge is 2.20. The number of fused-ring (bicyclic) bond motifs is 1. The predicted octanol–water partition coefficient (Wildman–Crippen LogP) is 2.90. The summed E-state index contributed by atoms with van der Waals surface area (Å²) in [6.07, 6.45) is 1.57. The summed E-state index contributed by atoms with van der Waals surface area (Å²) in [5.74, 6) is 0.771. The summed E-state index contributed by atoms with van der Waals surface area (Å²) in [4.78, 5) is 7.88. The molecule has 6 heteroatoms. The van der Waals surface area contributed by atoms with Gasteiger partial charge in [0.15, 0.2) is 11.5 Å². The minimum atomic E-state index is -0.639. The first kappa shape index (κ1) is 11.6. The lowest BCUT2D eigenvalue weighted by Gasteiger charge is -2.11. The average molecular weight is 259 g/mol. The van der Waals surface area contributed by atoms with Gasteiger partial charge in [0.1, 0.15) is 11.2 Å². The summed E-state index contributed by atoms with van der Waals surface area (Å²) in [7, 11) is 0. The summed E-state index contributed by atoms with van der Waals surface area (Å²) >= 11 is 11.5. The zero-order chi connectivity index (χ0) is 11.9. The van der Waals surface area contributed by atoms with E-state index in [2.05, 4.69) is 35.8 Å². The van der Waals surface area contributed by atoms with Crippen LogP contribution >= 0.6 is 23.2 Å². The fraction of sp³-hybridized carbons (Fsp3) is 0.500. The first-order valence-electron chi connectivity index (χ1n) is 4.89. The van der Waals surface area contributed by atoms with Crippen LogP contribution in [0.4, 0.5) is 0 Å². The number of alkyl halides is 2. The minimum Gasteiger partial charge on any atom is -0.238 e. The first-order valence-corrected chi connectivity index (χ1v) is 5.76. The normalized spacial score (nSPS) is 12.6. The zero-order valence-corrected chi connectivity index (χ0v) is 10.8. The van der Waals surface area contributed by atoms with Crippen LogP contribution in [0.3, 0.4) is 0 Å². The van der Waals surface area contributed by atoms with E-state index < -0.39 is 4.84 Å². The molecule has 2 heterocycles. The second-order valence-electron chi connectivity index (χ2n) is 4.60. The Kier molecular flexibility index (Phi) is 2.80. The van der Waals surface area contributed by atoms with Crippen LogP contribution in [0.5, 0.6) is 0 Å². The Bertz CT molecular complexity index is 513. The van der Waals surface area contributed by atoms with Gasteiger partial charge in [0.2, 0.25) is 0 Å². The van der Waals surface area contributed by atoms with Crippen LogP contribution in [0.25, 0.3) is 5.65 Å². The van der Waals surface area contributed by atoms with Gasteiger partial charge < -0.3 is 0 Å². The Morgan fingerprint density at radius 3 is 2.56 bits per heavy atom. The molecular weight excluding hydrogens is 247 g/mol. The highest BCUT2D eigenvalue weighted by Crippen LogP contribution is 2.24. The number of halogens is 2. The van der Waals surface area contributed by atoms with Crippen LogP contribution in [0.1, 0.15) is 37.1 Å². The van der Waals surface area contributed by atoms with E-state index in [9.17, 15) is 0 Å². The quantitative estimate of drug-likeness (QED) is 0.739.